The number of likely N-dealkylation sites (tertiary alicyclic amines) is 1. The van der Waals surface area contributed by atoms with Crippen molar-refractivity contribution in [1.29, 1.82) is 0 Å². The van der Waals surface area contributed by atoms with Crippen LogP contribution in [0.2, 0.25) is 0 Å². The molecule has 1 aromatic rings. The largest absolute Gasteiger partial charge is 0.354 e. The quantitative estimate of drug-likeness (QED) is 0.816. The molecule has 2 heterocycles. The Labute approximate surface area is 157 Å². The van der Waals surface area contributed by atoms with Gasteiger partial charge in [-0.3, -0.25) is 9.69 Å². The second-order valence-electron chi connectivity index (χ2n) is 6.97. The second-order valence-corrected chi connectivity index (χ2v) is 6.97. The third-order valence-corrected chi connectivity index (χ3v) is 5.02. The summed E-state index contributed by atoms with van der Waals surface area (Å²) in [6.45, 7) is 5.02. The molecule has 1 amide bonds. The Morgan fingerprint density at radius 3 is 2.84 bits per heavy atom. The molecule has 5 heteroatoms. The monoisotopic (exact) mass is 363 g/mol. The number of carbonyl (C=O) groups is 1. The molecule has 2 saturated heterocycles. The molecule has 3 rings (SSSR count). The Hall–Kier alpha value is -1.36. The number of nitrogens with one attached hydrogen (secondary N) is 2. The van der Waals surface area contributed by atoms with Crippen LogP contribution in [0, 0.1) is 5.92 Å². The zero-order valence-corrected chi connectivity index (χ0v) is 15.6. The molecule has 0 bridgehead atoms. The highest BCUT2D eigenvalue weighted by atomic mass is 35.5. The fraction of sp³-hybridized carbons (Fsp3) is 0.550. The molecule has 0 radical (unpaired) electrons. The lowest BCUT2D eigenvalue weighted by atomic mass is 9.98. The summed E-state index contributed by atoms with van der Waals surface area (Å²) in [5.74, 6) is 0.767. The number of amides is 1. The van der Waals surface area contributed by atoms with Crippen molar-refractivity contribution in [3.8, 4) is 0 Å². The molecule has 0 aliphatic carbocycles. The highest BCUT2D eigenvalue weighted by Crippen LogP contribution is 2.16. The van der Waals surface area contributed by atoms with Gasteiger partial charge in [-0.2, -0.15) is 0 Å². The van der Waals surface area contributed by atoms with Crippen molar-refractivity contribution >= 4 is 24.4 Å². The summed E-state index contributed by atoms with van der Waals surface area (Å²) >= 11 is 0. The van der Waals surface area contributed by atoms with Crippen LogP contribution in [0.1, 0.15) is 31.2 Å². The smallest absolute Gasteiger partial charge is 0.237 e. The molecule has 2 aliphatic rings. The van der Waals surface area contributed by atoms with Crippen molar-refractivity contribution in [2.45, 2.75) is 31.7 Å². The number of halogens is 1. The van der Waals surface area contributed by atoms with Crippen LogP contribution in [0.5, 0.6) is 0 Å². The van der Waals surface area contributed by atoms with Gasteiger partial charge >= 0.3 is 0 Å². The van der Waals surface area contributed by atoms with Gasteiger partial charge in [-0.05, 0) is 50.3 Å². The van der Waals surface area contributed by atoms with E-state index in [2.05, 4.69) is 52.0 Å². The minimum atomic E-state index is 0. The molecule has 2 atom stereocenters. The first-order chi connectivity index (χ1) is 11.8. The first-order valence-corrected chi connectivity index (χ1v) is 9.26. The number of hydrogen-bond donors (Lipinski definition) is 2. The summed E-state index contributed by atoms with van der Waals surface area (Å²) in [7, 11) is 0. The Kier molecular flexibility index (Phi) is 8.45. The van der Waals surface area contributed by atoms with Crippen LogP contribution in [0.4, 0.5) is 0 Å². The Balaban J connectivity index is 0.00000225. The Morgan fingerprint density at radius 1 is 1.24 bits per heavy atom. The minimum absolute atomic E-state index is 0. The van der Waals surface area contributed by atoms with Gasteiger partial charge in [0.2, 0.25) is 5.91 Å². The first kappa shape index (κ1) is 20.0. The normalized spacial score (nSPS) is 24.2. The topological polar surface area (TPSA) is 44.4 Å². The highest BCUT2D eigenvalue weighted by Gasteiger charge is 2.24. The predicted molar refractivity (Wildman–Crippen MR) is 106 cm³/mol. The summed E-state index contributed by atoms with van der Waals surface area (Å²) in [5.41, 5.74) is 1.25. The first-order valence-electron chi connectivity index (χ1n) is 9.26. The number of rotatable bonds is 6. The van der Waals surface area contributed by atoms with Gasteiger partial charge in [-0.25, -0.2) is 0 Å². The third kappa shape index (κ3) is 6.46. The molecule has 2 fully saturated rings. The van der Waals surface area contributed by atoms with Crippen molar-refractivity contribution in [2.24, 2.45) is 5.92 Å². The van der Waals surface area contributed by atoms with Gasteiger partial charge in [-0.1, -0.05) is 42.5 Å². The highest BCUT2D eigenvalue weighted by molar-refractivity contribution is 5.85. The molecule has 0 saturated carbocycles. The van der Waals surface area contributed by atoms with Crippen molar-refractivity contribution in [1.82, 2.24) is 15.5 Å². The summed E-state index contributed by atoms with van der Waals surface area (Å²) in [6, 6.07) is 10.5. The maximum absolute atomic E-state index is 12.1. The molecule has 2 N–H and O–H groups in total. The van der Waals surface area contributed by atoms with Gasteiger partial charge in [0, 0.05) is 19.6 Å². The molecule has 2 unspecified atom stereocenters. The molecule has 1 aromatic carbocycles. The molecular weight excluding hydrogens is 334 g/mol. The number of nitrogens with zero attached hydrogens (tertiary/aromatic N) is 1. The van der Waals surface area contributed by atoms with E-state index in [1.54, 1.807) is 0 Å². The fourth-order valence-corrected chi connectivity index (χ4v) is 3.66. The van der Waals surface area contributed by atoms with E-state index in [0.29, 0.717) is 5.92 Å². The lowest BCUT2D eigenvalue weighted by Crippen LogP contribution is -2.45. The predicted octanol–water partition coefficient (Wildman–Crippen LogP) is 2.70. The SMILES string of the molecule is Cl.O=C(NCC1CCCN(C/C=C/c2ccccc2)C1)C1CCCN1. The third-order valence-electron chi connectivity index (χ3n) is 5.02. The van der Waals surface area contributed by atoms with Crippen LogP contribution in [0.15, 0.2) is 36.4 Å². The summed E-state index contributed by atoms with van der Waals surface area (Å²) < 4.78 is 0. The van der Waals surface area contributed by atoms with Crippen LogP contribution < -0.4 is 10.6 Å². The van der Waals surface area contributed by atoms with Gasteiger partial charge in [0.25, 0.3) is 0 Å². The van der Waals surface area contributed by atoms with E-state index in [0.717, 1.165) is 45.6 Å². The molecule has 25 heavy (non-hydrogen) atoms. The van der Waals surface area contributed by atoms with Crippen molar-refractivity contribution < 1.29 is 4.79 Å². The average molecular weight is 364 g/mol. The van der Waals surface area contributed by atoms with Crippen LogP contribution in [0.3, 0.4) is 0 Å². The van der Waals surface area contributed by atoms with Gasteiger partial charge in [0.1, 0.15) is 0 Å². The van der Waals surface area contributed by atoms with E-state index in [1.165, 1.54) is 18.4 Å². The lowest BCUT2D eigenvalue weighted by Gasteiger charge is -2.32. The summed E-state index contributed by atoms with van der Waals surface area (Å²) in [5, 5.41) is 6.42. The zero-order valence-electron chi connectivity index (χ0n) is 14.8. The zero-order chi connectivity index (χ0) is 16.6. The van der Waals surface area contributed by atoms with E-state index in [4.69, 9.17) is 0 Å². The number of carbonyl (C=O) groups excluding carboxylic acids is 1. The summed E-state index contributed by atoms with van der Waals surface area (Å²) in [4.78, 5) is 14.6. The van der Waals surface area contributed by atoms with Crippen LogP contribution >= 0.6 is 12.4 Å². The van der Waals surface area contributed by atoms with Gasteiger partial charge < -0.3 is 10.6 Å². The maximum atomic E-state index is 12.1. The molecule has 2 aliphatic heterocycles. The molecular formula is C20H30ClN3O. The molecule has 0 spiro atoms. The average Bonchev–Trinajstić information content (AvgIpc) is 3.16. The summed E-state index contributed by atoms with van der Waals surface area (Å²) in [6.07, 6.45) is 8.98. The van der Waals surface area contributed by atoms with Crippen LogP contribution in [-0.2, 0) is 4.79 Å². The van der Waals surface area contributed by atoms with E-state index in [1.807, 2.05) is 6.07 Å². The number of benzene rings is 1. The van der Waals surface area contributed by atoms with Gasteiger partial charge in [0.05, 0.1) is 6.04 Å². The Bertz CT molecular complexity index is 543. The Morgan fingerprint density at radius 2 is 2.08 bits per heavy atom. The number of piperidine rings is 1. The van der Waals surface area contributed by atoms with Crippen molar-refractivity contribution in [2.75, 3.05) is 32.7 Å². The lowest BCUT2D eigenvalue weighted by molar-refractivity contribution is -0.123. The van der Waals surface area contributed by atoms with Crippen molar-refractivity contribution in [3.63, 3.8) is 0 Å². The number of hydrogen-bond acceptors (Lipinski definition) is 3. The van der Waals surface area contributed by atoms with E-state index in [-0.39, 0.29) is 24.4 Å². The minimum Gasteiger partial charge on any atom is -0.354 e. The maximum Gasteiger partial charge on any atom is 0.237 e. The van der Waals surface area contributed by atoms with Gasteiger partial charge in [-0.15, -0.1) is 12.4 Å². The standard InChI is InChI=1S/C20H29N3O.ClH/c24-20(19-11-4-12-21-19)22-15-18-10-6-14-23(16-18)13-5-9-17-7-2-1-3-8-17;/h1-3,5,7-9,18-19,21H,4,6,10-16H2,(H,22,24);1H/b9-5+;. The van der Waals surface area contributed by atoms with Crippen LogP contribution in [-0.4, -0.2) is 49.6 Å². The van der Waals surface area contributed by atoms with E-state index >= 15 is 0 Å². The van der Waals surface area contributed by atoms with E-state index in [9.17, 15) is 4.79 Å². The van der Waals surface area contributed by atoms with Crippen molar-refractivity contribution in [3.05, 3.63) is 42.0 Å². The molecule has 0 aromatic heterocycles. The molecule has 4 nitrogen and oxygen atoms in total. The van der Waals surface area contributed by atoms with Crippen LogP contribution in [0.25, 0.3) is 6.08 Å². The van der Waals surface area contributed by atoms with Gasteiger partial charge in [0.15, 0.2) is 0 Å². The molecule has 138 valence electrons. The van der Waals surface area contributed by atoms with E-state index < -0.39 is 0 Å². The fourth-order valence-electron chi connectivity index (χ4n) is 3.66. The second kappa shape index (κ2) is 10.6.